The number of aliphatic hydroxyl groups excluding tert-OH is 1. The molecule has 0 aliphatic heterocycles. The molecule has 0 heterocycles. The Kier molecular flexibility index (Phi) is 7.63. The van der Waals surface area contributed by atoms with Gasteiger partial charge in [0.2, 0.25) is 0 Å². The van der Waals surface area contributed by atoms with Crippen molar-refractivity contribution in [2.75, 3.05) is 0 Å². The van der Waals surface area contributed by atoms with Gasteiger partial charge >= 0.3 is 124 Å². The Morgan fingerprint density at radius 3 is 2.50 bits per heavy atom. The average Bonchev–Trinajstić information content (AvgIpc) is 2.40. The van der Waals surface area contributed by atoms with Crippen LogP contribution in [0, 0.1) is 0 Å². The summed E-state index contributed by atoms with van der Waals surface area (Å²) in [6, 6.07) is 5.67. The molecule has 1 rings (SSSR count). The van der Waals surface area contributed by atoms with E-state index in [1.807, 2.05) is 0 Å². The van der Waals surface area contributed by atoms with E-state index in [0.29, 0.717) is 16.2 Å². The molecule has 0 aromatic heterocycles. The predicted molar refractivity (Wildman–Crippen MR) is 76.4 cm³/mol. The van der Waals surface area contributed by atoms with Crippen LogP contribution in [-0.2, 0) is 6.18 Å². The van der Waals surface area contributed by atoms with Gasteiger partial charge in [-0.25, -0.2) is 0 Å². The third-order valence-corrected chi connectivity index (χ3v) is 5.57. The van der Waals surface area contributed by atoms with Gasteiger partial charge in [-0.3, -0.25) is 0 Å². The van der Waals surface area contributed by atoms with E-state index in [9.17, 15) is 18.3 Å². The Labute approximate surface area is 124 Å². The summed E-state index contributed by atoms with van der Waals surface area (Å²) in [5.41, 5.74) is -0.557. The van der Waals surface area contributed by atoms with Crippen molar-refractivity contribution in [3.63, 3.8) is 0 Å². The number of hydrogen-bond acceptors (Lipinski definition) is 1. The molecule has 5 heteroatoms. The monoisotopic (exact) mass is 354 g/mol. The number of hydrogen-bond donors (Lipinski definition) is 1. The van der Waals surface area contributed by atoms with E-state index in [2.05, 4.69) is 6.92 Å². The molecule has 1 nitrogen and oxygen atoms in total. The molecule has 1 aromatic carbocycles. The fraction of sp³-hybridized carbons (Fsp3) is 0.600. The van der Waals surface area contributed by atoms with Gasteiger partial charge in [0.05, 0.1) is 0 Å². The molecule has 0 spiro atoms. The second-order valence-corrected chi connectivity index (χ2v) is 7.04. The summed E-state index contributed by atoms with van der Waals surface area (Å²) in [5, 5.41) is 10.3. The van der Waals surface area contributed by atoms with Crippen LogP contribution in [-0.4, -0.2) is 26.2 Å². The van der Waals surface area contributed by atoms with Crippen molar-refractivity contribution in [2.24, 2.45) is 0 Å². The quantitative estimate of drug-likeness (QED) is 0.557. The number of unbranched alkanes of at least 4 members (excludes halogenated alkanes) is 3. The summed E-state index contributed by atoms with van der Waals surface area (Å²) in [4.78, 5) is 0. The summed E-state index contributed by atoms with van der Waals surface area (Å²) in [6.45, 7) is 2.12. The Bertz CT molecular complexity index is 393. The minimum absolute atomic E-state index is 0.333. The van der Waals surface area contributed by atoms with Gasteiger partial charge in [0.1, 0.15) is 0 Å². The van der Waals surface area contributed by atoms with Crippen LogP contribution in [0.5, 0.6) is 0 Å². The third-order valence-electron chi connectivity index (χ3n) is 3.01. The molecular formula is C15H21F3OSe. The summed E-state index contributed by atoms with van der Waals surface area (Å²) in [7, 11) is 0. The number of aliphatic hydroxyl groups is 1. The van der Waals surface area contributed by atoms with Crippen LogP contribution in [0.1, 0.15) is 44.6 Å². The Morgan fingerprint density at radius 1 is 1.15 bits per heavy atom. The first-order valence-electron chi connectivity index (χ1n) is 6.92. The topological polar surface area (TPSA) is 20.2 Å². The van der Waals surface area contributed by atoms with E-state index in [0.717, 1.165) is 31.7 Å². The minimum atomic E-state index is -4.30. The Morgan fingerprint density at radius 2 is 1.85 bits per heavy atom. The van der Waals surface area contributed by atoms with Gasteiger partial charge in [-0.1, -0.05) is 0 Å². The SMILES string of the molecule is CCCCCC[C@@H](O)C[Se]c1ccccc1C(F)(F)F. The Hall–Kier alpha value is -0.511. The van der Waals surface area contributed by atoms with Crippen LogP contribution >= 0.6 is 0 Å². The molecule has 20 heavy (non-hydrogen) atoms. The van der Waals surface area contributed by atoms with Gasteiger partial charge in [-0.2, -0.15) is 0 Å². The molecule has 1 atom stereocenters. The van der Waals surface area contributed by atoms with Crippen molar-refractivity contribution in [2.45, 2.75) is 56.6 Å². The van der Waals surface area contributed by atoms with Crippen molar-refractivity contribution in [3.8, 4) is 0 Å². The first kappa shape index (κ1) is 17.5. The van der Waals surface area contributed by atoms with Crippen LogP contribution < -0.4 is 4.46 Å². The summed E-state index contributed by atoms with van der Waals surface area (Å²) in [5.74, 6) is 0. The number of rotatable bonds is 8. The van der Waals surface area contributed by atoms with Crippen molar-refractivity contribution in [1.82, 2.24) is 0 Å². The molecule has 114 valence electrons. The predicted octanol–water partition coefficient (Wildman–Crippen LogP) is 3.78. The van der Waals surface area contributed by atoms with Crippen LogP contribution in [0.3, 0.4) is 0 Å². The number of halogens is 3. The van der Waals surface area contributed by atoms with Crippen molar-refractivity contribution in [1.29, 1.82) is 0 Å². The fourth-order valence-electron chi connectivity index (χ4n) is 1.90. The van der Waals surface area contributed by atoms with Gasteiger partial charge in [-0.05, 0) is 0 Å². The molecule has 1 N–H and O–H groups in total. The van der Waals surface area contributed by atoms with Crippen molar-refractivity contribution in [3.05, 3.63) is 29.8 Å². The molecule has 0 fully saturated rings. The molecule has 0 saturated heterocycles. The zero-order chi connectivity index (χ0) is 15.0. The molecule has 0 unspecified atom stereocenters. The first-order chi connectivity index (χ1) is 9.45. The van der Waals surface area contributed by atoms with E-state index in [1.54, 1.807) is 6.07 Å². The normalized spacial score (nSPS) is 13.4. The van der Waals surface area contributed by atoms with Crippen molar-refractivity contribution >= 4 is 19.4 Å². The molecule has 0 saturated carbocycles. The van der Waals surface area contributed by atoms with Crippen LogP contribution in [0.25, 0.3) is 0 Å². The number of alkyl halides is 3. The fourth-order valence-corrected chi connectivity index (χ4v) is 4.11. The molecular weight excluding hydrogens is 332 g/mol. The summed E-state index contributed by atoms with van der Waals surface area (Å²) >= 11 is -0.337. The van der Waals surface area contributed by atoms with Gasteiger partial charge in [0.15, 0.2) is 0 Å². The van der Waals surface area contributed by atoms with Gasteiger partial charge < -0.3 is 0 Å². The van der Waals surface area contributed by atoms with E-state index in [-0.39, 0.29) is 15.0 Å². The first-order valence-corrected chi connectivity index (χ1v) is 8.99. The zero-order valence-corrected chi connectivity index (χ0v) is 13.3. The second-order valence-electron chi connectivity index (χ2n) is 4.81. The number of benzene rings is 1. The second kappa shape index (κ2) is 8.70. The maximum absolute atomic E-state index is 12.8. The van der Waals surface area contributed by atoms with Gasteiger partial charge in [0, 0.05) is 0 Å². The molecule has 0 aliphatic carbocycles. The van der Waals surface area contributed by atoms with E-state index in [1.165, 1.54) is 12.1 Å². The van der Waals surface area contributed by atoms with Gasteiger partial charge in [0.25, 0.3) is 0 Å². The van der Waals surface area contributed by atoms with Crippen LogP contribution in [0.4, 0.5) is 13.2 Å². The van der Waals surface area contributed by atoms with Crippen LogP contribution in [0.2, 0.25) is 5.32 Å². The third kappa shape index (κ3) is 6.29. The van der Waals surface area contributed by atoms with E-state index >= 15 is 0 Å². The zero-order valence-electron chi connectivity index (χ0n) is 11.6. The molecule has 0 aliphatic rings. The molecule has 1 aromatic rings. The average molecular weight is 353 g/mol. The summed E-state index contributed by atoms with van der Waals surface area (Å²) in [6.07, 6.45) is 0.230. The van der Waals surface area contributed by atoms with E-state index in [4.69, 9.17) is 0 Å². The maximum atomic E-state index is 12.8. The molecule has 0 bridgehead atoms. The van der Waals surface area contributed by atoms with Gasteiger partial charge in [-0.15, -0.1) is 0 Å². The summed E-state index contributed by atoms with van der Waals surface area (Å²) < 4.78 is 38.8. The standard InChI is InChI=1S/C15H21F3OSe/c1-2-3-4-5-8-12(19)11-20-14-10-7-6-9-13(14)15(16,17)18/h6-7,9-10,12,19H,2-5,8,11H2,1H3/t12-/m1/s1. The Balaban J connectivity index is 2.45. The van der Waals surface area contributed by atoms with Crippen molar-refractivity contribution < 1.29 is 18.3 Å². The molecule has 0 radical (unpaired) electrons. The molecule has 0 amide bonds. The van der Waals surface area contributed by atoms with E-state index < -0.39 is 17.8 Å². The van der Waals surface area contributed by atoms with Crippen LogP contribution in [0.15, 0.2) is 24.3 Å².